The molecule has 3 heteroatoms. The molecule has 0 radical (unpaired) electrons. The number of hydrogen-bond acceptors (Lipinski definition) is 1. The highest BCUT2D eigenvalue weighted by Crippen LogP contribution is 2.07. The molecule has 0 aromatic heterocycles. The number of rotatable bonds is 1. The average molecular weight is 164 g/mol. The largest absolute Gasteiger partial charge is 0.478 e. The standard InChI is InChI=1S/C9H5FO2/c1-2-6-3-7(9(11)12)5-8(10)4-6/h1,3-5H,(H,11,12). The zero-order valence-electron chi connectivity index (χ0n) is 6.04. The number of hydrogen-bond donors (Lipinski definition) is 1. The Balaban J connectivity index is 3.26. The molecule has 0 aliphatic rings. The normalized spacial score (nSPS) is 9.00. The van der Waals surface area contributed by atoms with Gasteiger partial charge in [-0.25, -0.2) is 9.18 Å². The third-order valence-corrected chi connectivity index (χ3v) is 1.31. The lowest BCUT2D eigenvalue weighted by molar-refractivity contribution is 0.0696. The Morgan fingerprint density at radius 2 is 2.17 bits per heavy atom. The molecular formula is C9H5FO2. The van der Waals surface area contributed by atoms with Gasteiger partial charge in [-0.05, 0) is 18.2 Å². The second kappa shape index (κ2) is 3.05. The van der Waals surface area contributed by atoms with Gasteiger partial charge in [0.25, 0.3) is 0 Å². The van der Waals surface area contributed by atoms with Gasteiger partial charge in [0.15, 0.2) is 0 Å². The van der Waals surface area contributed by atoms with E-state index in [4.69, 9.17) is 11.5 Å². The van der Waals surface area contributed by atoms with Crippen LogP contribution in [0.1, 0.15) is 15.9 Å². The molecule has 1 aromatic rings. The molecule has 1 rings (SSSR count). The smallest absolute Gasteiger partial charge is 0.335 e. The van der Waals surface area contributed by atoms with Crippen LogP contribution in [0.2, 0.25) is 0 Å². The summed E-state index contributed by atoms with van der Waals surface area (Å²) in [5.74, 6) is 0.335. The van der Waals surface area contributed by atoms with E-state index in [1.165, 1.54) is 6.07 Å². The molecule has 0 unspecified atom stereocenters. The first-order valence-corrected chi connectivity index (χ1v) is 3.14. The van der Waals surface area contributed by atoms with Crippen molar-refractivity contribution < 1.29 is 14.3 Å². The Morgan fingerprint density at radius 3 is 2.67 bits per heavy atom. The summed E-state index contributed by atoms with van der Waals surface area (Å²) >= 11 is 0. The van der Waals surface area contributed by atoms with Crippen LogP contribution < -0.4 is 0 Å². The minimum Gasteiger partial charge on any atom is -0.478 e. The Labute approximate surface area is 68.6 Å². The van der Waals surface area contributed by atoms with Crippen LogP contribution in [0.4, 0.5) is 4.39 Å². The number of aromatic carboxylic acids is 1. The Hall–Kier alpha value is -1.82. The van der Waals surface area contributed by atoms with Crippen molar-refractivity contribution in [2.24, 2.45) is 0 Å². The molecule has 0 aliphatic heterocycles. The molecule has 0 saturated heterocycles. The first-order chi connectivity index (χ1) is 5.63. The third-order valence-electron chi connectivity index (χ3n) is 1.31. The molecule has 0 heterocycles. The highest BCUT2D eigenvalue weighted by Gasteiger charge is 2.05. The zero-order valence-corrected chi connectivity index (χ0v) is 6.04. The fourth-order valence-corrected chi connectivity index (χ4v) is 0.796. The Morgan fingerprint density at radius 1 is 1.50 bits per heavy atom. The second-order valence-corrected chi connectivity index (χ2v) is 2.18. The van der Waals surface area contributed by atoms with E-state index in [-0.39, 0.29) is 11.1 Å². The number of carbonyl (C=O) groups is 1. The van der Waals surface area contributed by atoms with Crippen LogP contribution in [0.15, 0.2) is 18.2 Å². The molecule has 0 aliphatic carbocycles. The number of carboxylic acid groups (broad SMARTS) is 1. The lowest BCUT2D eigenvalue weighted by Crippen LogP contribution is -1.97. The van der Waals surface area contributed by atoms with Gasteiger partial charge in [0.2, 0.25) is 0 Å². The third kappa shape index (κ3) is 1.61. The minimum atomic E-state index is -1.19. The molecule has 1 N–H and O–H groups in total. The molecule has 0 fully saturated rings. The first kappa shape index (κ1) is 8.28. The SMILES string of the molecule is C#Cc1cc(F)cc(C(=O)O)c1. The van der Waals surface area contributed by atoms with Crippen LogP contribution in [-0.4, -0.2) is 11.1 Å². The van der Waals surface area contributed by atoms with Gasteiger partial charge >= 0.3 is 5.97 Å². The minimum absolute atomic E-state index is 0.136. The lowest BCUT2D eigenvalue weighted by Gasteiger charge is -1.95. The summed E-state index contributed by atoms with van der Waals surface area (Å²) in [5, 5.41) is 8.49. The van der Waals surface area contributed by atoms with Crippen LogP contribution in [0, 0.1) is 18.2 Å². The monoisotopic (exact) mass is 164 g/mol. The van der Waals surface area contributed by atoms with Gasteiger partial charge in [-0.15, -0.1) is 6.42 Å². The van der Waals surface area contributed by atoms with E-state index >= 15 is 0 Å². The summed E-state index contributed by atoms with van der Waals surface area (Å²) in [6.07, 6.45) is 4.98. The predicted molar refractivity (Wildman–Crippen MR) is 41.3 cm³/mol. The lowest BCUT2D eigenvalue weighted by atomic mass is 10.1. The summed E-state index contributed by atoms with van der Waals surface area (Å²) in [7, 11) is 0. The van der Waals surface area contributed by atoms with Crippen LogP contribution >= 0.6 is 0 Å². The molecule has 60 valence electrons. The van der Waals surface area contributed by atoms with Gasteiger partial charge in [-0.2, -0.15) is 0 Å². The summed E-state index contributed by atoms with van der Waals surface area (Å²) < 4.78 is 12.6. The van der Waals surface area contributed by atoms with E-state index in [0.29, 0.717) is 0 Å². The highest BCUT2D eigenvalue weighted by molar-refractivity contribution is 5.88. The fraction of sp³-hybridized carbons (Fsp3) is 0. The fourth-order valence-electron chi connectivity index (χ4n) is 0.796. The Bertz CT molecular complexity index is 363. The van der Waals surface area contributed by atoms with Crippen molar-refractivity contribution in [3.63, 3.8) is 0 Å². The first-order valence-electron chi connectivity index (χ1n) is 3.14. The zero-order chi connectivity index (χ0) is 9.14. The molecule has 1 aromatic carbocycles. The van der Waals surface area contributed by atoms with Crippen LogP contribution in [0.3, 0.4) is 0 Å². The van der Waals surface area contributed by atoms with E-state index in [0.717, 1.165) is 12.1 Å². The molecule has 2 nitrogen and oxygen atoms in total. The van der Waals surface area contributed by atoms with Crippen molar-refractivity contribution >= 4 is 5.97 Å². The quantitative estimate of drug-likeness (QED) is 0.638. The summed E-state index contributed by atoms with van der Waals surface area (Å²) in [6, 6.07) is 3.26. The number of benzene rings is 1. The van der Waals surface area contributed by atoms with E-state index in [1.54, 1.807) is 0 Å². The van der Waals surface area contributed by atoms with Crippen molar-refractivity contribution in [1.82, 2.24) is 0 Å². The van der Waals surface area contributed by atoms with Crippen LogP contribution in [-0.2, 0) is 0 Å². The molecular weight excluding hydrogens is 159 g/mol. The van der Waals surface area contributed by atoms with Gasteiger partial charge in [-0.3, -0.25) is 0 Å². The van der Waals surface area contributed by atoms with Crippen molar-refractivity contribution in [2.75, 3.05) is 0 Å². The van der Waals surface area contributed by atoms with Crippen molar-refractivity contribution in [1.29, 1.82) is 0 Å². The van der Waals surface area contributed by atoms with Crippen LogP contribution in [0.5, 0.6) is 0 Å². The maximum Gasteiger partial charge on any atom is 0.335 e. The summed E-state index contributed by atoms with van der Waals surface area (Å²) in [4.78, 5) is 10.4. The maximum atomic E-state index is 12.6. The molecule has 0 bridgehead atoms. The van der Waals surface area contributed by atoms with E-state index < -0.39 is 11.8 Å². The van der Waals surface area contributed by atoms with Gasteiger partial charge in [0, 0.05) is 5.56 Å². The molecule has 0 spiro atoms. The van der Waals surface area contributed by atoms with Crippen molar-refractivity contribution in [3.05, 3.63) is 35.1 Å². The summed E-state index contributed by atoms with van der Waals surface area (Å²) in [5.41, 5.74) is 0.0929. The van der Waals surface area contributed by atoms with Crippen molar-refractivity contribution in [2.45, 2.75) is 0 Å². The number of carboxylic acids is 1. The van der Waals surface area contributed by atoms with Gasteiger partial charge in [0.1, 0.15) is 5.82 Å². The van der Waals surface area contributed by atoms with Gasteiger partial charge in [0.05, 0.1) is 5.56 Å². The maximum absolute atomic E-state index is 12.6. The van der Waals surface area contributed by atoms with E-state index in [2.05, 4.69) is 5.92 Å². The van der Waals surface area contributed by atoms with E-state index in [1.807, 2.05) is 0 Å². The molecule has 0 amide bonds. The topological polar surface area (TPSA) is 37.3 Å². The number of terminal acetylenes is 1. The van der Waals surface area contributed by atoms with Crippen LogP contribution in [0.25, 0.3) is 0 Å². The van der Waals surface area contributed by atoms with Gasteiger partial charge in [-0.1, -0.05) is 5.92 Å². The average Bonchev–Trinajstić information content (AvgIpc) is 2.03. The van der Waals surface area contributed by atoms with Crippen molar-refractivity contribution in [3.8, 4) is 12.3 Å². The molecule has 0 saturated carbocycles. The van der Waals surface area contributed by atoms with Gasteiger partial charge < -0.3 is 5.11 Å². The Kier molecular flexibility index (Phi) is 2.11. The number of halogens is 1. The van der Waals surface area contributed by atoms with E-state index in [9.17, 15) is 9.18 Å². The highest BCUT2D eigenvalue weighted by atomic mass is 19.1. The molecule has 0 atom stereocenters. The molecule has 12 heavy (non-hydrogen) atoms. The second-order valence-electron chi connectivity index (χ2n) is 2.18. The predicted octanol–water partition coefficient (Wildman–Crippen LogP) is 1.51. The summed E-state index contributed by atoms with van der Waals surface area (Å²) in [6.45, 7) is 0.